The molecule has 4 aliphatic rings. The van der Waals surface area contributed by atoms with Gasteiger partial charge in [-0.3, -0.25) is 0 Å². The maximum Gasteiger partial charge on any atom is 0 e. The van der Waals surface area contributed by atoms with Crippen LogP contribution in [-0.2, 0) is 19.5 Å². The van der Waals surface area contributed by atoms with E-state index >= 15 is 0 Å². The summed E-state index contributed by atoms with van der Waals surface area (Å²) in [6.07, 6.45) is 25.9. The summed E-state index contributed by atoms with van der Waals surface area (Å²) in [5.41, 5.74) is 17.1. The Morgan fingerprint density at radius 2 is 0.705 bits per heavy atom. The molecule has 3 heteroatoms. The van der Waals surface area contributed by atoms with E-state index in [1.807, 2.05) is 0 Å². The first-order valence-electron chi connectivity index (χ1n) is 18.5. The first-order valence-corrected chi connectivity index (χ1v) is 20.8. The van der Waals surface area contributed by atoms with Gasteiger partial charge in [0.1, 0.15) is 0 Å². The van der Waals surface area contributed by atoms with Crippen LogP contribution in [-0.4, -0.2) is 22.6 Å². The van der Waals surface area contributed by atoms with Crippen molar-refractivity contribution >= 4 is 19.7 Å². The van der Waals surface area contributed by atoms with Crippen LogP contribution in [0.3, 0.4) is 0 Å². The summed E-state index contributed by atoms with van der Waals surface area (Å²) < 4.78 is 0. The summed E-state index contributed by atoms with van der Waals surface area (Å²) in [7, 11) is -1.77. The number of benzene rings is 2. The molecule has 0 radical (unpaired) electrons. The summed E-state index contributed by atoms with van der Waals surface area (Å²) in [5.74, 6) is 1.54. The van der Waals surface area contributed by atoms with Gasteiger partial charge in [0, 0.05) is 19.5 Å². The molecule has 0 heterocycles. The molecule has 2 aromatic rings. The quantitative estimate of drug-likeness (QED) is 0.206. The van der Waals surface area contributed by atoms with Crippen LogP contribution in [0, 0.1) is 41.5 Å². The van der Waals surface area contributed by atoms with Crippen molar-refractivity contribution in [2.45, 2.75) is 185 Å². The van der Waals surface area contributed by atoms with E-state index < -0.39 is 7.26 Å². The first-order chi connectivity index (χ1) is 20.3. The Morgan fingerprint density at radius 3 is 0.977 bits per heavy atom. The van der Waals surface area contributed by atoms with E-state index in [1.165, 1.54) is 81.8 Å². The Hall–Kier alpha value is -0.217. The molecule has 4 aliphatic carbocycles. The largest absolute Gasteiger partial charge is 0.147 e. The molecule has 0 bridgehead atoms. The predicted octanol–water partition coefficient (Wildman–Crippen LogP) is 12.7. The van der Waals surface area contributed by atoms with Crippen LogP contribution in [0.1, 0.15) is 165 Å². The van der Waals surface area contributed by atoms with E-state index in [9.17, 15) is 0 Å². The fraction of sp³-hybridized carbons (Fsp3) is 0.707. The molecule has 2 unspecified atom stereocenters. The second-order valence-corrected chi connectivity index (χ2v) is 21.1. The van der Waals surface area contributed by atoms with Gasteiger partial charge < -0.3 is 0 Å². The molecular formula is C41H64ClPRu. The van der Waals surface area contributed by atoms with E-state index in [4.69, 9.17) is 0 Å². The van der Waals surface area contributed by atoms with Crippen molar-refractivity contribution in [2.24, 2.45) is 0 Å². The number of hydrogen-bond acceptors (Lipinski definition) is 0. The van der Waals surface area contributed by atoms with Crippen molar-refractivity contribution in [2.75, 3.05) is 0 Å². The zero-order valence-corrected chi connectivity index (χ0v) is 32.6. The monoisotopic (exact) mass is 724 g/mol. The molecule has 44 heavy (non-hydrogen) atoms. The van der Waals surface area contributed by atoms with Gasteiger partial charge in [-0.1, -0.05) is 0 Å². The Labute approximate surface area is 291 Å². The molecule has 0 amide bonds. The van der Waals surface area contributed by atoms with Crippen molar-refractivity contribution in [3.8, 4) is 0 Å². The van der Waals surface area contributed by atoms with Gasteiger partial charge in [0.15, 0.2) is 0 Å². The molecule has 4 fully saturated rings. The molecule has 248 valence electrons. The van der Waals surface area contributed by atoms with Crippen molar-refractivity contribution in [1.82, 2.24) is 0 Å². The molecule has 0 N–H and O–H groups in total. The molecule has 6 rings (SSSR count). The van der Waals surface area contributed by atoms with Crippen molar-refractivity contribution < 1.29 is 19.5 Å². The average Bonchev–Trinajstić information content (AvgIpc) is 3.38. The predicted molar refractivity (Wildman–Crippen MR) is 196 cm³/mol. The van der Waals surface area contributed by atoms with Crippen molar-refractivity contribution in [3.63, 3.8) is 0 Å². The number of aryl methyl sites for hydroxylation is 6. The van der Waals surface area contributed by atoms with Gasteiger partial charge in [-0.2, -0.15) is 0 Å². The average molecular weight is 724 g/mol. The fourth-order valence-corrected chi connectivity index (χ4v) is 22.4. The van der Waals surface area contributed by atoms with Gasteiger partial charge in [0.05, 0.1) is 0 Å². The first kappa shape index (κ1) is 36.6. The van der Waals surface area contributed by atoms with Crippen LogP contribution < -0.4 is 0 Å². The van der Waals surface area contributed by atoms with Gasteiger partial charge in [0.25, 0.3) is 0 Å². The minimum Gasteiger partial charge on any atom is -0.147 e. The van der Waals surface area contributed by atoms with E-state index in [-0.39, 0.29) is 31.9 Å². The van der Waals surface area contributed by atoms with Crippen molar-refractivity contribution in [1.29, 1.82) is 0 Å². The minimum atomic E-state index is -1.77. The normalized spacial score (nSPS) is 26.2. The standard InChI is InChI=1S/C41H63P.ClH.Ru/c1-28-24-30(3)39(31(4)25-28)37-22-23-38(40-32(5)26-29(2)27-33(40)6)41(37)42(34-16-10-7-11-17-34,35-18-12-8-13-19-35)36-20-14-9-15-21-36;;/h24-27,34-38,41-42H,7-23H2,1-6H3;1H;. The molecule has 0 saturated heterocycles. The van der Waals surface area contributed by atoms with Crippen LogP contribution in [0.4, 0.5) is 0 Å². The maximum absolute atomic E-state index is 2.54. The Balaban J connectivity index is 0.00000221. The SMILES string of the molecule is Cc1cc(C)c(C2CCC(c3c(C)cc(C)cc3C)C2[PH](C2CCCCC2)(C2CCCCC2)C2CCCCC2)c(C)c1.Cl.[Ru]. The third-order valence-electron chi connectivity index (χ3n) is 13.4. The fourth-order valence-electron chi connectivity index (χ4n) is 12.5. The van der Waals surface area contributed by atoms with Crippen LogP contribution >= 0.6 is 19.7 Å². The van der Waals surface area contributed by atoms with Gasteiger partial charge in [-0.25, -0.2) is 0 Å². The maximum atomic E-state index is 2.54. The van der Waals surface area contributed by atoms with E-state index in [2.05, 4.69) is 65.8 Å². The molecule has 0 aliphatic heterocycles. The zero-order chi connectivity index (χ0) is 29.4. The van der Waals surface area contributed by atoms with Crippen LogP contribution in [0.15, 0.2) is 24.3 Å². The molecular weight excluding hydrogens is 660 g/mol. The Morgan fingerprint density at radius 1 is 0.432 bits per heavy atom. The summed E-state index contributed by atoms with van der Waals surface area (Å²) >= 11 is 0. The molecule has 2 atom stereocenters. The Bertz CT molecular complexity index is 1080. The van der Waals surface area contributed by atoms with Crippen LogP contribution in [0.5, 0.6) is 0 Å². The third kappa shape index (κ3) is 6.84. The van der Waals surface area contributed by atoms with Gasteiger partial charge in [0.2, 0.25) is 0 Å². The second kappa shape index (κ2) is 15.8. The van der Waals surface area contributed by atoms with Crippen LogP contribution in [0.2, 0.25) is 0 Å². The Kier molecular flexibility index (Phi) is 13.1. The summed E-state index contributed by atoms with van der Waals surface area (Å²) in [5, 5.41) is 0. The molecule has 2 aromatic carbocycles. The van der Waals surface area contributed by atoms with Gasteiger partial charge in [-0.15, -0.1) is 12.4 Å². The van der Waals surface area contributed by atoms with Crippen LogP contribution in [0.25, 0.3) is 0 Å². The summed E-state index contributed by atoms with van der Waals surface area (Å²) in [6.45, 7) is 14.6. The molecule has 4 saturated carbocycles. The molecule has 0 aromatic heterocycles. The zero-order valence-electron chi connectivity index (χ0n) is 29.1. The van der Waals surface area contributed by atoms with E-state index in [0.717, 1.165) is 34.5 Å². The van der Waals surface area contributed by atoms with Gasteiger partial charge >= 0.3 is 261 Å². The molecule has 0 spiro atoms. The van der Waals surface area contributed by atoms with Gasteiger partial charge in [-0.05, 0) is 0 Å². The topological polar surface area (TPSA) is 0 Å². The number of rotatable bonds is 6. The van der Waals surface area contributed by atoms with Crippen molar-refractivity contribution in [3.05, 3.63) is 68.8 Å². The minimum absolute atomic E-state index is 0. The second-order valence-electron chi connectivity index (χ2n) is 15.9. The number of hydrogen-bond donors (Lipinski definition) is 0. The smallest absolute Gasteiger partial charge is 0 e. The summed E-state index contributed by atoms with van der Waals surface area (Å²) in [6, 6.07) is 10.2. The van der Waals surface area contributed by atoms with E-state index in [1.54, 1.807) is 71.9 Å². The molecule has 0 nitrogen and oxygen atoms in total. The van der Waals surface area contributed by atoms with E-state index in [0.29, 0.717) is 0 Å². The third-order valence-corrected chi connectivity index (χ3v) is 21.3. The summed E-state index contributed by atoms with van der Waals surface area (Å²) in [4.78, 5) is 0. The number of halogens is 1.